The molecule has 3 aliphatic rings. The van der Waals surface area contributed by atoms with Crippen LogP contribution in [-0.2, 0) is 14.8 Å². The molecule has 0 amide bonds. The number of nitrogens with zero attached hydrogens (tertiary/aromatic N) is 1. The summed E-state index contributed by atoms with van der Waals surface area (Å²) in [5.41, 5.74) is 0. The van der Waals surface area contributed by atoms with Gasteiger partial charge in [-0.3, -0.25) is 0 Å². The summed E-state index contributed by atoms with van der Waals surface area (Å²) in [7, 11) is -2.98. The zero-order chi connectivity index (χ0) is 12.8. The van der Waals surface area contributed by atoms with Crippen molar-refractivity contribution < 1.29 is 13.2 Å². The second-order valence-electron chi connectivity index (χ2n) is 5.77. The summed E-state index contributed by atoms with van der Waals surface area (Å²) in [6.07, 6.45) is 4.03. The Morgan fingerprint density at radius 1 is 1.39 bits per heavy atom. The molecule has 6 heteroatoms. The molecule has 0 aromatic heterocycles. The number of rotatable bonds is 5. The van der Waals surface area contributed by atoms with E-state index in [0.29, 0.717) is 19.2 Å². The van der Waals surface area contributed by atoms with Crippen LogP contribution < -0.4 is 0 Å². The first-order chi connectivity index (χ1) is 8.53. The van der Waals surface area contributed by atoms with Crippen LogP contribution in [0.15, 0.2) is 0 Å². The average Bonchev–Trinajstić information content (AvgIpc) is 3.02. The van der Waals surface area contributed by atoms with Gasteiger partial charge in [-0.1, -0.05) is 0 Å². The molecule has 1 spiro atoms. The molecule has 3 rings (SSSR count). The molecular weight excluding hydrogens is 270 g/mol. The van der Waals surface area contributed by atoms with Gasteiger partial charge in [0.2, 0.25) is 10.0 Å². The zero-order valence-corrected chi connectivity index (χ0v) is 12.4. The molecule has 2 saturated heterocycles. The van der Waals surface area contributed by atoms with E-state index in [1.165, 1.54) is 12.8 Å². The van der Waals surface area contributed by atoms with Crippen LogP contribution in [-0.4, -0.2) is 54.8 Å². The standard InChI is InChI=1S/C12H21NO3S2/c1-2-18(14,15)13-8-12(9-13)5-11(7-17-12)16-6-10-3-4-10/h10-11H,2-9H2,1H3/t11-/m0/s1. The van der Waals surface area contributed by atoms with Gasteiger partial charge in [0.15, 0.2) is 0 Å². The monoisotopic (exact) mass is 291 g/mol. The molecule has 2 aliphatic heterocycles. The fraction of sp³-hybridized carbons (Fsp3) is 1.00. The molecule has 3 fully saturated rings. The van der Waals surface area contributed by atoms with Gasteiger partial charge in [-0.2, -0.15) is 4.31 Å². The Balaban J connectivity index is 1.48. The largest absolute Gasteiger partial charge is 0.377 e. The molecule has 104 valence electrons. The van der Waals surface area contributed by atoms with E-state index in [1.807, 2.05) is 11.8 Å². The maximum atomic E-state index is 11.7. The average molecular weight is 291 g/mol. The van der Waals surface area contributed by atoms with Gasteiger partial charge in [0.05, 0.1) is 11.9 Å². The lowest BCUT2D eigenvalue weighted by Gasteiger charge is -2.46. The minimum atomic E-state index is -2.98. The van der Waals surface area contributed by atoms with Crippen LogP contribution in [0.25, 0.3) is 0 Å². The van der Waals surface area contributed by atoms with E-state index in [-0.39, 0.29) is 10.5 Å². The molecule has 1 aliphatic carbocycles. The molecule has 2 heterocycles. The summed E-state index contributed by atoms with van der Waals surface area (Å²) in [4.78, 5) is 0. The highest BCUT2D eigenvalue weighted by Gasteiger charge is 2.52. The first-order valence-corrected chi connectivity index (χ1v) is 9.36. The molecule has 0 bridgehead atoms. The van der Waals surface area contributed by atoms with E-state index in [1.54, 1.807) is 11.2 Å². The lowest BCUT2D eigenvalue weighted by atomic mass is 9.95. The van der Waals surface area contributed by atoms with E-state index in [4.69, 9.17) is 4.74 Å². The summed E-state index contributed by atoms with van der Waals surface area (Å²) in [6, 6.07) is 0. The summed E-state index contributed by atoms with van der Waals surface area (Å²) in [5, 5.41) is 0. The summed E-state index contributed by atoms with van der Waals surface area (Å²) >= 11 is 1.91. The first kappa shape index (κ1) is 13.2. The van der Waals surface area contributed by atoms with Crippen molar-refractivity contribution in [2.24, 2.45) is 5.92 Å². The van der Waals surface area contributed by atoms with Crippen LogP contribution in [0, 0.1) is 5.92 Å². The lowest BCUT2D eigenvalue weighted by Crippen LogP contribution is -2.60. The van der Waals surface area contributed by atoms with Crippen molar-refractivity contribution in [2.45, 2.75) is 37.0 Å². The van der Waals surface area contributed by atoms with Gasteiger partial charge in [-0.05, 0) is 32.1 Å². The predicted molar refractivity (Wildman–Crippen MR) is 73.3 cm³/mol. The smallest absolute Gasteiger partial charge is 0.213 e. The Labute approximate surface area is 113 Å². The Morgan fingerprint density at radius 2 is 2.11 bits per heavy atom. The molecular formula is C12H21NO3S2. The van der Waals surface area contributed by atoms with Crippen molar-refractivity contribution >= 4 is 21.8 Å². The molecule has 0 aromatic rings. The Morgan fingerprint density at radius 3 is 2.72 bits per heavy atom. The molecule has 1 atom stereocenters. The van der Waals surface area contributed by atoms with Crippen molar-refractivity contribution in [3.63, 3.8) is 0 Å². The van der Waals surface area contributed by atoms with E-state index < -0.39 is 10.0 Å². The number of hydrogen-bond donors (Lipinski definition) is 0. The maximum absolute atomic E-state index is 11.7. The van der Waals surface area contributed by atoms with Gasteiger partial charge < -0.3 is 4.74 Å². The number of hydrogen-bond acceptors (Lipinski definition) is 4. The van der Waals surface area contributed by atoms with Crippen molar-refractivity contribution in [1.82, 2.24) is 4.31 Å². The zero-order valence-electron chi connectivity index (χ0n) is 10.8. The normalized spacial score (nSPS) is 31.7. The van der Waals surface area contributed by atoms with Crippen molar-refractivity contribution in [3.05, 3.63) is 0 Å². The lowest BCUT2D eigenvalue weighted by molar-refractivity contribution is 0.0446. The van der Waals surface area contributed by atoms with Crippen molar-refractivity contribution in [3.8, 4) is 0 Å². The SMILES string of the molecule is CCS(=O)(=O)N1CC2(C[C@H](OCC3CC3)CS2)C1. The van der Waals surface area contributed by atoms with Crippen LogP contribution in [0.2, 0.25) is 0 Å². The van der Waals surface area contributed by atoms with Crippen LogP contribution in [0.1, 0.15) is 26.2 Å². The number of thioether (sulfide) groups is 1. The topological polar surface area (TPSA) is 46.6 Å². The highest BCUT2D eigenvalue weighted by atomic mass is 32.2. The van der Waals surface area contributed by atoms with Gasteiger partial charge in [0.1, 0.15) is 0 Å². The first-order valence-electron chi connectivity index (χ1n) is 6.76. The third kappa shape index (κ3) is 2.57. The van der Waals surface area contributed by atoms with Gasteiger partial charge in [-0.15, -0.1) is 11.8 Å². The molecule has 0 N–H and O–H groups in total. The minimum absolute atomic E-state index is 0.163. The highest BCUT2D eigenvalue weighted by molar-refractivity contribution is 8.01. The predicted octanol–water partition coefficient (Wildman–Crippen LogP) is 1.32. The van der Waals surface area contributed by atoms with Crippen molar-refractivity contribution in [2.75, 3.05) is 31.2 Å². The second kappa shape index (κ2) is 4.65. The second-order valence-corrected chi connectivity index (χ2v) is 9.51. The summed E-state index contributed by atoms with van der Waals surface area (Å²) < 4.78 is 31.1. The van der Waals surface area contributed by atoms with E-state index >= 15 is 0 Å². The molecule has 0 radical (unpaired) electrons. The van der Waals surface area contributed by atoms with Crippen molar-refractivity contribution in [1.29, 1.82) is 0 Å². The van der Waals surface area contributed by atoms with Crippen LogP contribution >= 0.6 is 11.8 Å². The molecule has 18 heavy (non-hydrogen) atoms. The van der Waals surface area contributed by atoms with Gasteiger partial charge in [-0.25, -0.2) is 8.42 Å². The fourth-order valence-electron chi connectivity index (χ4n) is 2.66. The Hall–Kier alpha value is 0.220. The van der Waals surface area contributed by atoms with E-state index in [0.717, 1.165) is 24.7 Å². The Bertz CT molecular complexity index is 413. The number of sulfonamides is 1. The van der Waals surface area contributed by atoms with Gasteiger partial charge in [0, 0.05) is 30.2 Å². The van der Waals surface area contributed by atoms with Gasteiger partial charge >= 0.3 is 0 Å². The van der Waals surface area contributed by atoms with Crippen LogP contribution in [0.3, 0.4) is 0 Å². The quantitative estimate of drug-likeness (QED) is 0.766. The third-order valence-corrected chi connectivity index (χ3v) is 7.48. The molecule has 1 saturated carbocycles. The fourth-order valence-corrected chi connectivity index (χ4v) is 5.63. The number of ether oxygens (including phenoxy) is 1. The Kier molecular flexibility index (Phi) is 3.41. The highest BCUT2D eigenvalue weighted by Crippen LogP contribution is 2.47. The summed E-state index contributed by atoms with van der Waals surface area (Å²) in [6.45, 7) is 4.01. The molecule has 4 nitrogen and oxygen atoms in total. The van der Waals surface area contributed by atoms with E-state index in [2.05, 4.69) is 0 Å². The van der Waals surface area contributed by atoms with Gasteiger partial charge in [0.25, 0.3) is 0 Å². The maximum Gasteiger partial charge on any atom is 0.213 e. The third-order valence-electron chi connectivity index (χ3n) is 4.13. The minimum Gasteiger partial charge on any atom is -0.377 e. The molecule has 0 unspecified atom stereocenters. The molecule has 0 aromatic carbocycles. The van der Waals surface area contributed by atoms with Crippen LogP contribution in [0.4, 0.5) is 0 Å². The van der Waals surface area contributed by atoms with E-state index in [9.17, 15) is 8.42 Å². The summed E-state index contributed by atoms with van der Waals surface area (Å²) in [5.74, 6) is 2.06. The van der Waals surface area contributed by atoms with Crippen LogP contribution in [0.5, 0.6) is 0 Å².